The van der Waals surface area contributed by atoms with E-state index in [9.17, 15) is 14.7 Å². The second-order valence-corrected chi connectivity index (χ2v) is 5.34. The minimum Gasteiger partial charge on any atom is -0.508 e. The van der Waals surface area contributed by atoms with Crippen LogP contribution < -0.4 is 5.32 Å². The first-order valence-electron chi connectivity index (χ1n) is 6.91. The standard InChI is InChI=1S/C15H20N2O3/c1-10-4-3-5-11(2)17(10)15(20)14(19)16-12-6-8-13(18)9-7-12/h6-11,18H,3-5H2,1-2H3,(H,16,19). The normalized spacial score (nSPS) is 22.4. The van der Waals surface area contributed by atoms with Gasteiger partial charge in [-0.15, -0.1) is 0 Å². The Morgan fingerprint density at radius 2 is 1.70 bits per heavy atom. The molecule has 20 heavy (non-hydrogen) atoms. The number of carbonyl (C=O) groups is 2. The zero-order valence-corrected chi connectivity index (χ0v) is 11.8. The number of hydrogen-bond acceptors (Lipinski definition) is 3. The molecule has 0 spiro atoms. The summed E-state index contributed by atoms with van der Waals surface area (Å²) in [5.74, 6) is -0.998. The van der Waals surface area contributed by atoms with E-state index >= 15 is 0 Å². The second-order valence-electron chi connectivity index (χ2n) is 5.34. The average molecular weight is 276 g/mol. The number of likely N-dealkylation sites (tertiary alicyclic amines) is 1. The van der Waals surface area contributed by atoms with E-state index < -0.39 is 11.8 Å². The van der Waals surface area contributed by atoms with Crippen molar-refractivity contribution in [2.45, 2.75) is 45.2 Å². The Hall–Kier alpha value is -2.04. The molecule has 0 saturated carbocycles. The minimum atomic E-state index is -0.628. The van der Waals surface area contributed by atoms with Crippen molar-refractivity contribution in [3.05, 3.63) is 24.3 Å². The van der Waals surface area contributed by atoms with E-state index in [-0.39, 0.29) is 17.8 Å². The smallest absolute Gasteiger partial charge is 0.313 e. The summed E-state index contributed by atoms with van der Waals surface area (Å²) in [4.78, 5) is 25.9. The van der Waals surface area contributed by atoms with Crippen LogP contribution in [0, 0.1) is 0 Å². The molecule has 2 rings (SSSR count). The van der Waals surface area contributed by atoms with Gasteiger partial charge in [0.15, 0.2) is 0 Å². The van der Waals surface area contributed by atoms with Gasteiger partial charge in [-0.2, -0.15) is 0 Å². The van der Waals surface area contributed by atoms with Crippen LogP contribution in [-0.4, -0.2) is 33.9 Å². The van der Waals surface area contributed by atoms with Gasteiger partial charge in [-0.1, -0.05) is 0 Å². The van der Waals surface area contributed by atoms with Crippen LogP contribution in [0.4, 0.5) is 5.69 Å². The molecule has 1 aliphatic heterocycles. The van der Waals surface area contributed by atoms with E-state index in [1.807, 2.05) is 13.8 Å². The van der Waals surface area contributed by atoms with Crippen LogP contribution in [0.3, 0.4) is 0 Å². The number of benzene rings is 1. The van der Waals surface area contributed by atoms with Crippen molar-refractivity contribution in [1.29, 1.82) is 0 Å². The van der Waals surface area contributed by atoms with E-state index in [0.29, 0.717) is 5.69 Å². The molecule has 2 atom stereocenters. The van der Waals surface area contributed by atoms with Crippen molar-refractivity contribution in [2.24, 2.45) is 0 Å². The van der Waals surface area contributed by atoms with Crippen molar-refractivity contribution in [3.63, 3.8) is 0 Å². The number of nitrogens with one attached hydrogen (secondary N) is 1. The molecule has 1 saturated heterocycles. The molecular formula is C15H20N2O3. The van der Waals surface area contributed by atoms with E-state index in [1.165, 1.54) is 12.1 Å². The molecule has 2 amide bonds. The highest BCUT2D eigenvalue weighted by molar-refractivity contribution is 6.39. The van der Waals surface area contributed by atoms with Gasteiger partial charge < -0.3 is 15.3 Å². The minimum absolute atomic E-state index is 0.0943. The number of amides is 2. The topological polar surface area (TPSA) is 69.6 Å². The summed E-state index contributed by atoms with van der Waals surface area (Å²) in [7, 11) is 0. The third-order valence-corrected chi connectivity index (χ3v) is 3.75. The lowest BCUT2D eigenvalue weighted by Crippen LogP contribution is -2.51. The molecule has 1 fully saturated rings. The molecule has 1 heterocycles. The number of phenols is 1. The highest BCUT2D eigenvalue weighted by atomic mass is 16.3. The number of piperidine rings is 1. The van der Waals surface area contributed by atoms with E-state index in [0.717, 1.165) is 19.3 Å². The Labute approximate surface area is 118 Å². The van der Waals surface area contributed by atoms with Crippen LogP contribution in [0.15, 0.2) is 24.3 Å². The number of rotatable bonds is 1. The Morgan fingerprint density at radius 1 is 1.15 bits per heavy atom. The number of carbonyl (C=O) groups excluding carboxylic acids is 2. The molecule has 1 aromatic rings. The predicted molar refractivity (Wildman–Crippen MR) is 76.4 cm³/mol. The molecular weight excluding hydrogens is 256 g/mol. The first-order chi connectivity index (χ1) is 9.49. The monoisotopic (exact) mass is 276 g/mol. The van der Waals surface area contributed by atoms with Crippen LogP contribution >= 0.6 is 0 Å². The van der Waals surface area contributed by atoms with E-state index in [2.05, 4.69) is 5.32 Å². The molecule has 108 valence electrons. The largest absolute Gasteiger partial charge is 0.508 e. The Balaban J connectivity index is 2.04. The van der Waals surface area contributed by atoms with Gasteiger partial charge in [-0.25, -0.2) is 0 Å². The van der Waals surface area contributed by atoms with Gasteiger partial charge in [-0.3, -0.25) is 9.59 Å². The zero-order valence-electron chi connectivity index (χ0n) is 11.8. The van der Waals surface area contributed by atoms with Crippen LogP contribution in [0.5, 0.6) is 5.75 Å². The van der Waals surface area contributed by atoms with Crippen molar-refractivity contribution in [1.82, 2.24) is 4.90 Å². The lowest BCUT2D eigenvalue weighted by Gasteiger charge is -2.38. The first kappa shape index (κ1) is 14.4. The van der Waals surface area contributed by atoms with Crippen LogP contribution in [0.1, 0.15) is 33.1 Å². The molecule has 2 unspecified atom stereocenters. The van der Waals surface area contributed by atoms with E-state index in [1.54, 1.807) is 17.0 Å². The Morgan fingerprint density at radius 3 is 2.25 bits per heavy atom. The fraction of sp³-hybridized carbons (Fsp3) is 0.467. The van der Waals surface area contributed by atoms with Gasteiger partial charge in [0.25, 0.3) is 0 Å². The molecule has 0 bridgehead atoms. The maximum atomic E-state index is 12.3. The lowest BCUT2D eigenvalue weighted by molar-refractivity contribution is -0.147. The summed E-state index contributed by atoms with van der Waals surface area (Å²) in [6.45, 7) is 3.95. The highest BCUT2D eigenvalue weighted by Crippen LogP contribution is 2.23. The Bertz CT molecular complexity index is 488. The van der Waals surface area contributed by atoms with Gasteiger partial charge >= 0.3 is 11.8 Å². The fourth-order valence-corrected chi connectivity index (χ4v) is 2.67. The summed E-state index contributed by atoms with van der Waals surface area (Å²) in [6.07, 6.45) is 2.96. The molecule has 0 aliphatic carbocycles. The number of aromatic hydroxyl groups is 1. The quantitative estimate of drug-likeness (QED) is 0.609. The molecule has 2 N–H and O–H groups in total. The molecule has 0 aromatic heterocycles. The third-order valence-electron chi connectivity index (χ3n) is 3.75. The van der Waals surface area contributed by atoms with Crippen LogP contribution in [0.2, 0.25) is 0 Å². The Kier molecular flexibility index (Phi) is 4.27. The summed E-state index contributed by atoms with van der Waals surface area (Å²) in [5.41, 5.74) is 0.499. The van der Waals surface area contributed by atoms with Crippen molar-refractivity contribution in [3.8, 4) is 5.75 Å². The summed E-state index contributed by atoms with van der Waals surface area (Å²) < 4.78 is 0. The number of nitrogens with zero attached hydrogens (tertiary/aromatic N) is 1. The van der Waals surface area contributed by atoms with E-state index in [4.69, 9.17) is 0 Å². The van der Waals surface area contributed by atoms with Crippen molar-refractivity contribution in [2.75, 3.05) is 5.32 Å². The van der Waals surface area contributed by atoms with Crippen LogP contribution in [-0.2, 0) is 9.59 Å². The maximum absolute atomic E-state index is 12.3. The van der Waals surface area contributed by atoms with Gasteiger partial charge in [0, 0.05) is 17.8 Å². The summed E-state index contributed by atoms with van der Waals surface area (Å²) in [5, 5.41) is 11.8. The third kappa shape index (κ3) is 3.10. The number of anilines is 1. The molecule has 1 aliphatic rings. The summed E-state index contributed by atoms with van der Waals surface area (Å²) >= 11 is 0. The number of hydrogen-bond donors (Lipinski definition) is 2. The molecule has 5 heteroatoms. The molecule has 1 aromatic carbocycles. The fourth-order valence-electron chi connectivity index (χ4n) is 2.67. The van der Waals surface area contributed by atoms with Gasteiger partial charge in [0.2, 0.25) is 0 Å². The van der Waals surface area contributed by atoms with Crippen molar-refractivity contribution < 1.29 is 14.7 Å². The van der Waals surface area contributed by atoms with Crippen molar-refractivity contribution >= 4 is 17.5 Å². The summed E-state index contributed by atoms with van der Waals surface area (Å²) in [6, 6.07) is 6.24. The SMILES string of the molecule is CC1CCCC(C)N1C(=O)C(=O)Nc1ccc(O)cc1. The van der Waals surface area contributed by atoms with Crippen LogP contribution in [0.25, 0.3) is 0 Å². The first-order valence-corrected chi connectivity index (χ1v) is 6.91. The second kappa shape index (κ2) is 5.94. The van der Waals surface area contributed by atoms with Gasteiger partial charge in [0.1, 0.15) is 5.75 Å². The predicted octanol–water partition coefficient (Wildman–Crippen LogP) is 2.12. The van der Waals surface area contributed by atoms with Gasteiger partial charge in [0.05, 0.1) is 0 Å². The lowest BCUT2D eigenvalue weighted by atomic mass is 9.97. The van der Waals surface area contributed by atoms with Gasteiger partial charge in [-0.05, 0) is 57.4 Å². The number of phenolic OH excluding ortho intramolecular Hbond substituents is 1. The molecule has 0 radical (unpaired) electrons. The zero-order chi connectivity index (χ0) is 14.7. The molecule has 5 nitrogen and oxygen atoms in total. The highest BCUT2D eigenvalue weighted by Gasteiger charge is 2.32. The maximum Gasteiger partial charge on any atom is 0.313 e. The average Bonchev–Trinajstić information content (AvgIpc) is 2.41.